The van der Waals surface area contributed by atoms with Gasteiger partial charge in [-0.05, 0) is 48.7 Å². The van der Waals surface area contributed by atoms with Crippen LogP contribution in [-0.2, 0) is 14.4 Å². The van der Waals surface area contributed by atoms with Crippen molar-refractivity contribution in [3.8, 4) is 6.07 Å². The molecule has 1 N–H and O–H groups in total. The number of rotatable bonds is 9. The fourth-order valence-corrected chi connectivity index (χ4v) is 5.89. The maximum Gasteiger partial charge on any atom is 0.257 e. The molecule has 3 aromatic rings. The van der Waals surface area contributed by atoms with Crippen molar-refractivity contribution in [1.82, 2.24) is 4.98 Å². The first-order chi connectivity index (χ1) is 20.5. The summed E-state index contributed by atoms with van der Waals surface area (Å²) in [6, 6.07) is 13.1. The van der Waals surface area contributed by atoms with Crippen LogP contribution in [0.25, 0.3) is 0 Å². The Balaban J connectivity index is 1.59. The van der Waals surface area contributed by atoms with Crippen LogP contribution in [0.4, 0.5) is 24.7 Å². The summed E-state index contributed by atoms with van der Waals surface area (Å²) < 4.78 is 41.5. The summed E-state index contributed by atoms with van der Waals surface area (Å²) in [5, 5.41) is 20.0. The van der Waals surface area contributed by atoms with Gasteiger partial charge >= 0.3 is 0 Å². The Morgan fingerprint density at radius 3 is 2.58 bits per heavy atom. The van der Waals surface area contributed by atoms with Gasteiger partial charge in [-0.15, -0.1) is 0 Å². The summed E-state index contributed by atoms with van der Waals surface area (Å²) >= 11 is 6.52. The van der Waals surface area contributed by atoms with Gasteiger partial charge in [-0.25, -0.2) is 18.2 Å². The number of carbonyl (C=O) groups is 3. The van der Waals surface area contributed by atoms with E-state index in [1.807, 2.05) is 6.07 Å². The number of amides is 2. The molecule has 2 aromatic carbocycles. The Morgan fingerprint density at radius 1 is 1.16 bits per heavy atom. The van der Waals surface area contributed by atoms with E-state index < -0.39 is 47.5 Å². The van der Waals surface area contributed by atoms with E-state index in [4.69, 9.17) is 11.6 Å². The number of aliphatic hydroxyl groups excluding tert-OH is 1. The highest BCUT2D eigenvalue weighted by Crippen LogP contribution is 2.45. The van der Waals surface area contributed by atoms with E-state index in [1.54, 1.807) is 12.1 Å². The number of ketones is 1. The normalized spacial score (nSPS) is 20.3. The highest BCUT2D eigenvalue weighted by molar-refractivity contribution is 6.31. The molecule has 8 nitrogen and oxygen atoms in total. The zero-order valence-electron chi connectivity index (χ0n) is 22.7. The molecule has 0 bridgehead atoms. The second-order valence-electron chi connectivity index (χ2n) is 10.7. The highest BCUT2D eigenvalue weighted by atomic mass is 35.5. The van der Waals surface area contributed by atoms with Crippen LogP contribution in [-0.4, -0.2) is 45.8 Å². The van der Waals surface area contributed by atoms with Gasteiger partial charge in [-0.1, -0.05) is 35.9 Å². The zero-order chi connectivity index (χ0) is 30.9. The van der Waals surface area contributed by atoms with Crippen LogP contribution >= 0.6 is 11.6 Å². The molecule has 0 radical (unpaired) electrons. The number of halogens is 4. The zero-order valence-corrected chi connectivity index (χ0v) is 23.4. The average molecular weight is 611 g/mol. The number of hydrogen-bond acceptors (Lipinski definition) is 6. The number of aromatic nitrogens is 1. The summed E-state index contributed by atoms with van der Waals surface area (Å²) in [5.41, 5.74) is 0.343. The number of pyridine rings is 1. The SMILES string of the molecule is N#Cc1ccnc(N2C(=O)[C@H](O)C[C@H]2C(=O)N(c2cccc(F)c2)[C@H](C(=O)CCC2CC(F)(F)C2)c2ccccc2Cl)c1. The van der Waals surface area contributed by atoms with Crippen molar-refractivity contribution in [3.05, 3.63) is 88.8 Å². The van der Waals surface area contributed by atoms with Crippen molar-refractivity contribution < 1.29 is 32.7 Å². The second kappa shape index (κ2) is 12.1. The second-order valence-corrected chi connectivity index (χ2v) is 11.1. The fraction of sp³-hybridized carbons (Fsp3) is 0.323. The molecule has 222 valence electrons. The van der Waals surface area contributed by atoms with Gasteiger partial charge < -0.3 is 5.11 Å². The Morgan fingerprint density at radius 2 is 1.91 bits per heavy atom. The molecule has 1 saturated heterocycles. The summed E-state index contributed by atoms with van der Waals surface area (Å²) in [6.45, 7) is 0. The predicted octanol–water partition coefficient (Wildman–Crippen LogP) is 5.38. The first kappa shape index (κ1) is 30.2. The standard InChI is InChI=1S/C31H26ClF3N4O4/c32-23-7-2-1-6-22(23)28(25(40)9-8-19-15-31(34,35)16-19)38(21-5-3-4-20(33)13-21)29(42)24-14-26(41)30(43)39(24)27-12-18(17-36)10-11-37-27/h1-7,10-13,19,24,26,28,41H,8-9,14-16H2/t24-,26+,28-/m0/s1. The minimum Gasteiger partial charge on any atom is -0.383 e. The Labute approximate surface area is 250 Å². The first-order valence-electron chi connectivity index (χ1n) is 13.6. The van der Waals surface area contributed by atoms with Gasteiger partial charge in [0, 0.05) is 48.2 Å². The molecule has 1 aliphatic carbocycles. The number of aliphatic hydroxyl groups is 1. The van der Waals surface area contributed by atoms with Crippen LogP contribution in [0.5, 0.6) is 0 Å². The number of benzene rings is 2. The predicted molar refractivity (Wildman–Crippen MR) is 151 cm³/mol. The fourth-order valence-electron chi connectivity index (χ4n) is 5.65. The number of anilines is 2. The van der Waals surface area contributed by atoms with Crippen LogP contribution in [0.1, 0.15) is 49.3 Å². The van der Waals surface area contributed by atoms with E-state index in [9.17, 15) is 37.9 Å². The third-order valence-electron chi connectivity index (χ3n) is 7.75. The minimum atomic E-state index is -2.77. The van der Waals surface area contributed by atoms with Gasteiger partial charge in [-0.2, -0.15) is 5.26 Å². The van der Waals surface area contributed by atoms with Gasteiger partial charge in [0.05, 0.1) is 11.6 Å². The quantitative estimate of drug-likeness (QED) is 0.348. The largest absolute Gasteiger partial charge is 0.383 e. The lowest BCUT2D eigenvalue weighted by atomic mass is 9.77. The molecule has 1 aliphatic heterocycles. The van der Waals surface area contributed by atoms with E-state index in [1.165, 1.54) is 42.6 Å². The van der Waals surface area contributed by atoms with E-state index in [2.05, 4.69) is 4.98 Å². The molecule has 2 amide bonds. The maximum atomic E-state index is 14.6. The van der Waals surface area contributed by atoms with E-state index >= 15 is 0 Å². The molecule has 5 rings (SSSR count). The average Bonchev–Trinajstić information content (AvgIpc) is 3.27. The molecule has 12 heteroatoms. The monoisotopic (exact) mass is 610 g/mol. The number of nitrogens with zero attached hydrogens (tertiary/aromatic N) is 4. The molecule has 2 aliphatic rings. The van der Waals surface area contributed by atoms with Crippen molar-refractivity contribution in [3.63, 3.8) is 0 Å². The molecular weight excluding hydrogens is 585 g/mol. The third kappa shape index (κ3) is 6.26. The molecule has 43 heavy (non-hydrogen) atoms. The van der Waals surface area contributed by atoms with Crippen molar-refractivity contribution in [2.24, 2.45) is 5.92 Å². The summed E-state index contributed by atoms with van der Waals surface area (Å²) in [5.74, 6) is -6.12. The maximum absolute atomic E-state index is 14.6. The summed E-state index contributed by atoms with van der Waals surface area (Å²) in [7, 11) is 0. The molecule has 3 atom stereocenters. The van der Waals surface area contributed by atoms with Gasteiger partial charge in [0.25, 0.3) is 11.8 Å². The lowest BCUT2D eigenvalue weighted by molar-refractivity contribution is -0.129. The number of carbonyl (C=O) groups excluding carboxylic acids is 3. The van der Waals surface area contributed by atoms with Crippen molar-refractivity contribution in [1.29, 1.82) is 5.26 Å². The van der Waals surface area contributed by atoms with E-state index in [0.717, 1.165) is 21.9 Å². The van der Waals surface area contributed by atoms with Crippen LogP contribution < -0.4 is 9.80 Å². The minimum absolute atomic E-state index is 0.0222. The molecule has 1 saturated carbocycles. The number of Topliss-reactive ketones (excluding diaryl/α,β-unsaturated/α-hetero) is 1. The highest BCUT2D eigenvalue weighted by Gasteiger charge is 2.49. The molecule has 0 spiro atoms. The number of hydrogen-bond donors (Lipinski definition) is 1. The smallest absolute Gasteiger partial charge is 0.257 e. The first-order valence-corrected chi connectivity index (χ1v) is 14.0. The Bertz CT molecular complexity index is 1610. The summed E-state index contributed by atoms with van der Waals surface area (Å²) in [4.78, 5) is 47.7. The van der Waals surface area contributed by atoms with Crippen molar-refractivity contribution in [2.75, 3.05) is 9.80 Å². The van der Waals surface area contributed by atoms with E-state index in [0.29, 0.717) is 0 Å². The number of nitriles is 1. The Kier molecular flexibility index (Phi) is 8.53. The van der Waals surface area contributed by atoms with E-state index in [-0.39, 0.29) is 65.7 Å². The van der Waals surface area contributed by atoms with Crippen LogP contribution in [0.2, 0.25) is 5.02 Å². The molecular formula is C31H26ClF3N4O4. The van der Waals surface area contributed by atoms with Gasteiger partial charge in [0.1, 0.15) is 29.8 Å². The van der Waals surface area contributed by atoms with Crippen LogP contribution in [0.3, 0.4) is 0 Å². The third-order valence-corrected chi connectivity index (χ3v) is 8.09. The lowest BCUT2D eigenvalue weighted by Gasteiger charge is -2.37. The van der Waals surface area contributed by atoms with Crippen LogP contribution in [0.15, 0.2) is 66.9 Å². The molecule has 1 aromatic heterocycles. The van der Waals surface area contributed by atoms with Crippen molar-refractivity contribution >= 4 is 40.7 Å². The lowest BCUT2D eigenvalue weighted by Crippen LogP contribution is -2.50. The summed E-state index contributed by atoms with van der Waals surface area (Å²) in [6.07, 6.45) is -1.38. The molecule has 0 unspecified atom stereocenters. The van der Waals surface area contributed by atoms with Gasteiger partial charge in [0.2, 0.25) is 5.92 Å². The topological polar surface area (TPSA) is 115 Å². The Hall–Kier alpha value is -4.27. The van der Waals surface area contributed by atoms with Gasteiger partial charge in [0.15, 0.2) is 5.78 Å². The van der Waals surface area contributed by atoms with Crippen LogP contribution in [0, 0.1) is 23.1 Å². The van der Waals surface area contributed by atoms with Crippen molar-refractivity contribution in [2.45, 2.75) is 56.2 Å². The molecule has 2 fully saturated rings. The molecule has 2 heterocycles. The van der Waals surface area contributed by atoms with Gasteiger partial charge in [-0.3, -0.25) is 24.2 Å². The number of alkyl halides is 2.